The van der Waals surface area contributed by atoms with E-state index in [0.717, 1.165) is 31.3 Å². The van der Waals surface area contributed by atoms with E-state index < -0.39 is 0 Å². The van der Waals surface area contributed by atoms with E-state index in [1.165, 1.54) is 11.3 Å². The topological polar surface area (TPSA) is 61.0 Å². The molecule has 1 aromatic heterocycles. The molecule has 0 unspecified atom stereocenters. The van der Waals surface area contributed by atoms with Gasteiger partial charge in [0.05, 0.1) is 6.54 Å². The second kappa shape index (κ2) is 9.23. The molecule has 1 fully saturated rings. The number of halogens is 1. The summed E-state index contributed by atoms with van der Waals surface area (Å²) in [6.07, 6.45) is 1.85. The van der Waals surface area contributed by atoms with Gasteiger partial charge < -0.3 is 20.4 Å². The van der Waals surface area contributed by atoms with Crippen LogP contribution in [0.25, 0.3) is 0 Å². The fraction of sp³-hybridized carbons (Fsp3) is 0.412. The zero-order valence-corrected chi connectivity index (χ0v) is 17.8. The molecule has 0 spiro atoms. The first-order valence-corrected chi connectivity index (χ1v) is 8.97. The van der Waals surface area contributed by atoms with Gasteiger partial charge in [-0.3, -0.25) is 0 Å². The van der Waals surface area contributed by atoms with Crippen molar-refractivity contribution in [2.45, 2.75) is 6.54 Å². The van der Waals surface area contributed by atoms with Crippen molar-refractivity contribution in [1.29, 1.82) is 0 Å². The predicted octanol–water partition coefficient (Wildman–Crippen LogP) is 2.46. The lowest BCUT2D eigenvalue weighted by molar-refractivity contribution is 0.380. The quantitative estimate of drug-likeness (QED) is 0.421. The molecule has 0 saturated carbocycles. The third-order valence-corrected chi connectivity index (χ3v) is 5.00. The van der Waals surface area contributed by atoms with Gasteiger partial charge in [0.25, 0.3) is 0 Å². The number of aliphatic imine (C=N–C) groups is 1. The van der Waals surface area contributed by atoms with Gasteiger partial charge in [0.15, 0.2) is 11.1 Å². The standard InChI is InChI=1S/C17H24N6S.HI/c1-21(2)15-5-3-14(4-6-15)13-20-16(18)22-8-10-23(11-9-22)17-19-7-12-24-17;/h3-7,12H,8-11,13H2,1-2H3,(H2,18,20);1H. The van der Waals surface area contributed by atoms with Gasteiger partial charge in [0, 0.05) is 57.5 Å². The van der Waals surface area contributed by atoms with Crippen LogP contribution in [0.1, 0.15) is 5.56 Å². The highest BCUT2D eigenvalue weighted by atomic mass is 127. The van der Waals surface area contributed by atoms with Crippen molar-refractivity contribution < 1.29 is 0 Å². The van der Waals surface area contributed by atoms with Crippen LogP contribution in [0.5, 0.6) is 0 Å². The van der Waals surface area contributed by atoms with Crippen molar-refractivity contribution in [2.75, 3.05) is 50.1 Å². The Balaban J connectivity index is 0.00000225. The van der Waals surface area contributed by atoms with Crippen molar-refractivity contribution in [3.63, 3.8) is 0 Å². The molecular formula is C17H25IN6S. The number of hydrogen-bond donors (Lipinski definition) is 1. The first-order valence-electron chi connectivity index (χ1n) is 8.09. The van der Waals surface area contributed by atoms with Crippen LogP contribution in [0.2, 0.25) is 0 Å². The zero-order chi connectivity index (χ0) is 16.9. The number of rotatable bonds is 4. The average Bonchev–Trinajstić information content (AvgIpc) is 3.15. The molecule has 1 aliphatic heterocycles. The summed E-state index contributed by atoms with van der Waals surface area (Å²) in [7, 11) is 4.08. The molecule has 0 atom stereocenters. The summed E-state index contributed by atoms with van der Waals surface area (Å²) in [5, 5.41) is 3.10. The lowest BCUT2D eigenvalue weighted by Crippen LogP contribution is -2.51. The van der Waals surface area contributed by atoms with Gasteiger partial charge in [0.1, 0.15) is 0 Å². The fourth-order valence-electron chi connectivity index (χ4n) is 2.67. The summed E-state index contributed by atoms with van der Waals surface area (Å²) < 4.78 is 0. The second-order valence-electron chi connectivity index (χ2n) is 6.02. The molecule has 0 bridgehead atoms. The van der Waals surface area contributed by atoms with Crippen LogP contribution in [-0.2, 0) is 6.54 Å². The molecule has 0 aliphatic carbocycles. The normalized spacial score (nSPS) is 15.0. The largest absolute Gasteiger partial charge is 0.378 e. The van der Waals surface area contributed by atoms with Crippen molar-refractivity contribution in [3.05, 3.63) is 41.4 Å². The Bertz CT molecular complexity index is 663. The SMILES string of the molecule is CN(C)c1ccc(CN=C(N)N2CCN(c3nccs3)CC2)cc1.I. The molecule has 2 heterocycles. The lowest BCUT2D eigenvalue weighted by Gasteiger charge is -2.35. The Morgan fingerprint density at radius 2 is 1.88 bits per heavy atom. The molecule has 8 heteroatoms. The third kappa shape index (κ3) is 5.21. The molecule has 1 aromatic carbocycles. The lowest BCUT2D eigenvalue weighted by atomic mass is 10.2. The number of benzene rings is 1. The first kappa shape index (κ1) is 19.8. The molecule has 2 N–H and O–H groups in total. The summed E-state index contributed by atoms with van der Waals surface area (Å²) in [6.45, 7) is 4.25. The highest BCUT2D eigenvalue weighted by Gasteiger charge is 2.19. The molecule has 3 rings (SSSR count). The van der Waals surface area contributed by atoms with Gasteiger partial charge in [-0.1, -0.05) is 12.1 Å². The van der Waals surface area contributed by atoms with Crippen LogP contribution in [0.3, 0.4) is 0 Å². The van der Waals surface area contributed by atoms with Crippen molar-refractivity contribution in [2.24, 2.45) is 10.7 Å². The predicted molar refractivity (Wildman–Crippen MR) is 117 cm³/mol. The number of guanidine groups is 1. The van der Waals surface area contributed by atoms with E-state index in [4.69, 9.17) is 5.73 Å². The van der Waals surface area contributed by atoms with E-state index in [-0.39, 0.29) is 24.0 Å². The second-order valence-corrected chi connectivity index (χ2v) is 6.90. The van der Waals surface area contributed by atoms with Gasteiger partial charge in [-0.2, -0.15) is 0 Å². The third-order valence-electron chi connectivity index (χ3n) is 4.17. The van der Waals surface area contributed by atoms with Crippen molar-refractivity contribution in [3.8, 4) is 0 Å². The Labute approximate surface area is 170 Å². The summed E-state index contributed by atoms with van der Waals surface area (Å²) in [4.78, 5) is 15.5. The number of aromatic nitrogens is 1. The van der Waals surface area contributed by atoms with Crippen LogP contribution in [0, 0.1) is 0 Å². The minimum Gasteiger partial charge on any atom is -0.378 e. The van der Waals surface area contributed by atoms with Crippen molar-refractivity contribution in [1.82, 2.24) is 9.88 Å². The van der Waals surface area contributed by atoms with Crippen LogP contribution in [0.15, 0.2) is 40.8 Å². The fourth-order valence-corrected chi connectivity index (χ4v) is 3.37. The van der Waals surface area contributed by atoms with E-state index in [1.807, 2.05) is 25.7 Å². The van der Waals surface area contributed by atoms with Gasteiger partial charge >= 0.3 is 0 Å². The first-order chi connectivity index (χ1) is 11.6. The molecule has 6 nitrogen and oxygen atoms in total. The highest BCUT2D eigenvalue weighted by Crippen LogP contribution is 2.19. The number of nitrogens with two attached hydrogens (primary N) is 1. The minimum atomic E-state index is 0. The van der Waals surface area contributed by atoms with Gasteiger partial charge in [-0.05, 0) is 17.7 Å². The number of thiazole rings is 1. The molecule has 1 saturated heterocycles. The molecule has 2 aromatic rings. The highest BCUT2D eigenvalue weighted by molar-refractivity contribution is 14.0. The maximum atomic E-state index is 6.17. The molecule has 25 heavy (non-hydrogen) atoms. The van der Waals surface area contributed by atoms with Crippen LogP contribution in [0.4, 0.5) is 10.8 Å². The number of nitrogens with zero attached hydrogens (tertiary/aromatic N) is 5. The van der Waals surface area contributed by atoms with E-state index >= 15 is 0 Å². The maximum absolute atomic E-state index is 6.17. The van der Waals surface area contributed by atoms with Crippen molar-refractivity contribution >= 4 is 52.1 Å². The molecule has 1 aliphatic rings. The molecule has 136 valence electrons. The van der Waals surface area contributed by atoms with E-state index in [1.54, 1.807) is 11.3 Å². The van der Waals surface area contributed by atoms with Crippen LogP contribution < -0.4 is 15.5 Å². The van der Waals surface area contributed by atoms with Gasteiger partial charge in [0.2, 0.25) is 0 Å². The molecule has 0 amide bonds. The number of hydrogen-bond acceptors (Lipinski definition) is 5. The van der Waals surface area contributed by atoms with Gasteiger partial charge in [-0.15, -0.1) is 35.3 Å². The maximum Gasteiger partial charge on any atom is 0.191 e. The average molecular weight is 472 g/mol. The smallest absolute Gasteiger partial charge is 0.191 e. The van der Waals surface area contributed by atoms with E-state index in [0.29, 0.717) is 12.5 Å². The molecule has 0 radical (unpaired) electrons. The number of piperazine rings is 1. The minimum absolute atomic E-state index is 0. The summed E-state index contributed by atoms with van der Waals surface area (Å²) in [5.41, 5.74) is 8.53. The monoisotopic (exact) mass is 472 g/mol. The summed E-state index contributed by atoms with van der Waals surface area (Å²) in [6, 6.07) is 8.42. The van der Waals surface area contributed by atoms with Crippen LogP contribution in [-0.4, -0.2) is 56.1 Å². The Kier molecular flexibility index (Phi) is 7.30. The van der Waals surface area contributed by atoms with E-state index in [2.05, 4.69) is 48.9 Å². The van der Waals surface area contributed by atoms with Gasteiger partial charge in [-0.25, -0.2) is 9.98 Å². The number of anilines is 2. The van der Waals surface area contributed by atoms with Crippen LogP contribution >= 0.6 is 35.3 Å². The summed E-state index contributed by atoms with van der Waals surface area (Å²) >= 11 is 1.68. The Morgan fingerprint density at radius 3 is 2.44 bits per heavy atom. The zero-order valence-electron chi connectivity index (χ0n) is 14.6. The molecular weight excluding hydrogens is 447 g/mol. The summed E-state index contributed by atoms with van der Waals surface area (Å²) in [5.74, 6) is 0.630. The Hall–Kier alpha value is -1.55. The Morgan fingerprint density at radius 1 is 1.20 bits per heavy atom. The van der Waals surface area contributed by atoms with E-state index in [9.17, 15) is 0 Å².